The van der Waals surface area contributed by atoms with E-state index in [-0.39, 0.29) is 16.6 Å². The molecule has 3 rings (SSSR count). The molecule has 0 aliphatic rings. The molecule has 0 unspecified atom stereocenters. The van der Waals surface area contributed by atoms with Crippen LogP contribution in [-0.4, -0.2) is 26.3 Å². The van der Waals surface area contributed by atoms with Gasteiger partial charge in [0.1, 0.15) is 0 Å². The van der Waals surface area contributed by atoms with E-state index >= 15 is 0 Å². The second-order valence-electron chi connectivity index (χ2n) is 5.64. The van der Waals surface area contributed by atoms with Gasteiger partial charge in [-0.1, -0.05) is 30.3 Å². The van der Waals surface area contributed by atoms with E-state index < -0.39 is 9.84 Å². The van der Waals surface area contributed by atoms with Gasteiger partial charge in [-0.25, -0.2) is 8.42 Å². The minimum Gasteiger partial charge on any atom is -0.325 e. The average Bonchev–Trinajstić information content (AvgIpc) is 2.59. The fraction of sp³-hybridized carbons (Fsp3) is 0.105. The molecule has 1 N–H and O–H groups in total. The molecular formula is C19H17NO3S2. The van der Waals surface area contributed by atoms with Crippen molar-refractivity contribution in [1.82, 2.24) is 0 Å². The summed E-state index contributed by atoms with van der Waals surface area (Å²) < 4.78 is 22.9. The maximum Gasteiger partial charge on any atom is 0.234 e. The molecule has 3 aromatic rings. The number of rotatable bonds is 5. The second kappa shape index (κ2) is 7.29. The van der Waals surface area contributed by atoms with Gasteiger partial charge in [-0.3, -0.25) is 4.79 Å². The van der Waals surface area contributed by atoms with Crippen LogP contribution < -0.4 is 5.32 Å². The van der Waals surface area contributed by atoms with Gasteiger partial charge in [-0.15, -0.1) is 11.8 Å². The Balaban J connectivity index is 1.60. The van der Waals surface area contributed by atoms with Crippen molar-refractivity contribution in [1.29, 1.82) is 0 Å². The lowest BCUT2D eigenvalue weighted by atomic mass is 10.1. The molecule has 0 aromatic heterocycles. The van der Waals surface area contributed by atoms with E-state index in [0.29, 0.717) is 5.69 Å². The number of fused-ring (bicyclic) bond motifs is 1. The fourth-order valence-corrected chi connectivity index (χ4v) is 3.76. The summed E-state index contributed by atoms with van der Waals surface area (Å²) in [5.74, 6) is 0.150. The van der Waals surface area contributed by atoms with Crippen LogP contribution in [0, 0.1) is 0 Å². The molecule has 4 nitrogen and oxygen atoms in total. The summed E-state index contributed by atoms with van der Waals surface area (Å²) in [6.45, 7) is 0. The zero-order valence-electron chi connectivity index (χ0n) is 13.6. The predicted molar refractivity (Wildman–Crippen MR) is 103 cm³/mol. The van der Waals surface area contributed by atoms with Gasteiger partial charge in [-0.2, -0.15) is 0 Å². The van der Waals surface area contributed by atoms with Crippen molar-refractivity contribution in [2.75, 3.05) is 17.3 Å². The van der Waals surface area contributed by atoms with Crippen LogP contribution in [0.2, 0.25) is 0 Å². The zero-order chi connectivity index (χ0) is 17.9. The molecule has 128 valence electrons. The molecule has 6 heteroatoms. The van der Waals surface area contributed by atoms with Crippen LogP contribution in [0.5, 0.6) is 0 Å². The first kappa shape index (κ1) is 17.5. The molecule has 0 aliphatic carbocycles. The lowest BCUT2D eigenvalue weighted by molar-refractivity contribution is -0.113. The highest BCUT2D eigenvalue weighted by Crippen LogP contribution is 2.24. The molecule has 0 fully saturated rings. The topological polar surface area (TPSA) is 63.2 Å². The molecule has 25 heavy (non-hydrogen) atoms. The summed E-state index contributed by atoms with van der Waals surface area (Å²) in [7, 11) is -3.23. The third-order valence-corrected chi connectivity index (χ3v) is 5.78. The van der Waals surface area contributed by atoms with Gasteiger partial charge < -0.3 is 5.32 Å². The van der Waals surface area contributed by atoms with Gasteiger partial charge in [0.25, 0.3) is 0 Å². The second-order valence-corrected chi connectivity index (χ2v) is 8.71. The molecule has 0 spiro atoms. The van der Waals surface area contributed by atoms with Crippen LogP contribution in [0.15, 0.2) is 76.5 Å². The largest absolute Gasteiger partial charge is 0.325 e. The van der Waals surface area contributed by atoms with Crippen molar-refractivity contribution in [3.8, 4) is 0 Å². The lowest BCUT2D eigenvalue weighted by Crippen LogP contribution is -2.14. The van der Waals surface area contributed by atoms with E-state index in [9.17, 15) is 13.2 Å². The molecular weight excluding hydrogens is 354 g/mol. The third-order valence-electron chi connectivity index (χ3n) is 3.66. The average molecular weight is 371 g/mol. The fourth-order valence-electron chi connectivity index (χ4n) is 2.39. The maximum atomic E-state index is 12.1. The van der Waals surface area contributed by atoms with Crippen molar-refractivity contribution in [2.45, 2.75) is 9.79 Å². The summed E-state index contributed by atoms with van der Waals surface area (Å²) in [4.78, 5) is 13.3. The number of hydrogen-bond acceptors (Lipinski definition) is 4. The summed E-state index contributed by atoms with van der Waals surface area (Å²) in [6, 6.07) is 20.3. The van der Waals surface area contributed by atoms with E-state index in [1.165, 1.54) is 29.3 Å². The van der Waals surface area contributed by atoms with Crippen LogP contribution in [0.25, 0.3) is 10.8 Å². The summed E-state index contributed by atoms with van der Waals surface area (Å²) in [5.41, 5.74) is 0.580. The minimum atomic E-state index is -3.23. The highest BCUT2D eigenvalue weighted by Gasteiger charge is 2.08. The first-order valence-corrected chi connectivity index (χ1v) is 10.5. The van der Waals surface area contributed by atoms with Crippen LogP contribution in [0.3, 0.4) is 0 Å². The number of sulfone groups is 1. The zero-order valence-corrected chi connectivity index (χ0v) is 15.2. The van der Waals surface area contributed by atoms with Crippen LogP contribution in [0.4, 0.5) is 5.69 Å². The standard InChI is InChI=1S/C19H17NO3S2/c1-25(22,23)18-10-7-16(8-11-18)20-19(21)13-24-17-9-6-14-4-2-3-5-15(14)12-17/h2-12H,13H2,1H3,(H,20,21). The summed E-state index contributed by atoms with van der Waals surface area (Å²) >= 11 is 1.46. The number of thioether (sulfide) groups is 1. The van der Waals surface area contributed by atoms with Gasteiger partial charge in [0.2, 0.25) is 5.91 Å². The van der Waals surface area contributed by atoms with Crippen LogP contribution in [-0.2, 0) is 14.6 Å². The molecule has 0 heterocycles. The predicted octanol–water partition coefficient (Wildman–Crippen LogP) is 3.97. The quantitative estimate of drug-likeness (QED) is 0.689. The number of carbonyl (C=O) groups excluding carboxylic acids is 1. The normalized spacial score (nSPS) is 11.4. The Morgan fingerprint density at radius 3 is 2.32 bits per heavy atom. The number of hydrogen-bond donors (Lipinski definition) is 1. The highest BCUT2D eigenvalue weighted by molar-refractivity contribution is 8.00. The van der Waals surface area contributed by atoms with Crippen molar-refractivity contribution in [3.05, 3.63) is 66.7 Å². The lowest BCUT2D eigenvalue weighted by Gasteiger charge is -2.07. The smallest absolute Gasteiger partial charge is 0.234 e. The summed E-state index contributed by atoms with van der Waals surface area (Å²) in [6.07, 6.45) is 1.15. The number of nitrogens with one attached hydrogen (secondary N) is 1. The Morgan fingerprint density at radius 1 is 0.960 bits per heavy atom. The van der Waals surface area contributed by atoms with E-state index in [2.05, 4.69) is 17.4 Å². The number of anilines is 1. The Bertz CT molecular complexity index is 1010. The van der Waals surface area contributed by atoms with Gasteiger partial charge in [0, 0.05) is 16.8 Å². The van der Waals surface area contributed by atoms with Crippen LogP contribution in [0.1, 0.15) is 0 Å². The van der Waals surface area contributed by atoms with Crippen molar-refractivity contribution in [2.24, 2.45) is 0 Å². The van der Waals surface area contributed by atoms with E-state index in [1.807, 2.05) is 30.3 Å². The minimum absolute atomic E-state index is 0.134. The Labute approximate surface area is 151 Å². The molecule has 0 atom stereocenters. The third kappa shape index (κ3) is 4.61. The van der Waals surface area contributed by atoms with Gasteiger partial charge >= 0.3 is 0 Å². The molecule has 0 saturated heterocycles. The first-order chi connectivity index (χ1) is 11.9. The van der Waals surface area contributed by atoms with E-state index in [4.69, 9.17) is 0 Å². The Morgan fingerprint density at radius 2 is 1.64 bits per heavy atom. The molecule has 0 aliphatic heterocycles. The van der Waals surface area contributed by atoms with Crippen molar-refractivity contribution >= 4 is 44.0 Å². The first-order valence-electron chi connectivity index (χ1n) is 7.63. The monoisotopic (exact) mass is 371 g/mol. The molecule has 0 radical (unpaired) electrons. The van der Waals surface area contributed by atoms with Crippen molar-refractivity contribution < 1.29 is 13.2 Å². The molecule has 0 bridgehead atoms. The van der Waals surface area contributed by atoms with E-state index in [1.54, 1.807) is 12.1 Å². The van der Waals surface area contributed by atoms with E-state index in [0.717, 1.165) is 16.5 Å². The number of amides is 1. The number of benzene rings is 3. The molecule has 1 amide bonds. The molecule has 0 saturated carbocycles. The van der Waals surface area contributed by atoms with Gasteiger partial charge in [0.15, 0.2) is 9.84 Å². The molecule has 3 aromatic carbocycles. The van der Waals surface area contributed by atoms with Crippen molar-refractivity contribution in [3.63, 3.8) is 0 Å². The summed E-state index contributed by atoms with van der Waals surface area (Å²) in [5, 5.41) is 5.09. The highest BCUT2D eigenvalue weighted by atomic mass is 32.2. The Kier molecular flexibility index (Phi) is 5.11. The maximum absolute atomic E-state index is 12.1. The van der Waals surface area contributed by atoms with Crippen LogP contribution >= 0.6 is 11.8 Å². The number of carbonyl (C=O) groups is 1. The SMILES string of the molecule is CS(=O)(=O)c1ccc(NC(=O)CSc2ccc3ccccc3c2)cc1. The van der Waals surface area contributed by atoms with Gasteiger partial charge in [0.05, 0.1) is 10.6 Å². The van der Waals surface area contributed by atoms with Gasteiger partial charge in [-0.05, 0) is 47.2 Å². The Hall–Kier alpha value is -2.31.